The molecule has 5 heavy (non-hydrogen) atoms. The van der Waals surface area contributed by atoms with E-state index in [9.17, 15) is 0 Å². The molecule has 3 heteroatoms. The Bertz CT molecular complexity index is 7.61. The molecule has 0 saturated carbocycles. The van der Waals surface area contributed by atoms with Crippen LogP contribution < -0.4 is 0 Å². The van der Waals surface area contributed by atoms with E-state index < -0.39 is 0 Å². The zero-order valence-electron chi connectivity index (χ0n) is 3.52. The third-order valence-electron chi connectivity index (χ3n) is 0. The quantitative estimate of drug-likeness (QED) is 0.540. The third-order valence-corrected chi connectivity index (χ3v) is 0. The van der Waals surface area contributed by atoms with Gasteiger partial charge in [-0.1, -0.05) is 0 Å². The van der Waals surface area contributed by atoms with Crippen molar-refractivity contribution >= 4 is 46.0 Å². The van der Waals surface area contributed by atoms with Gasteiger partial charge in [0.2, 0.25) is 0 Å². The van der Waals surface area contributed by atoms with Gasteiger partial charge >= 0.3 is 31.0 Å². The van der Waals surface area contributed by atoms with Gasteiger partial charge in [0.15, 0.2) is 0 Å². The van der Waals surface area contributed by atoms with E-state index in [-0.39, 0.29) is 46.0 Å². The zero-order valence-corrected chi connectivity index (χ0v) is 9.19. The molecule has 36 valence electrons. The van der Waals surface area contributed by atoms with Crippen LogP contribution in [0, 0.1) is 0 Å². The standard InChI is InChI=1S/2CH3.2ClH.Sn.2H/h2*1H3;2*1H;;;. The Morgan fingerprint density at radius 2 is 1.00 bits per heavy atom. The summed E-state index contributed by atoms with van der Waals surface area (Å²) in [5, 5.41) is 0. The summed E-state index contributed by atoms with van der Waals surface area (Å²) < 4.78 is 0. The second-order valence-corrected chi connectivity index (χ2v) is 4.74. The summed E-state index contributed by atoms with van der Waals surface area (Å²) in [6.45, 7) is 0. The van der Waals surface area contributed by atoms with E-state index in [1.54, 1.807) is 0 Å². The number of rotatable bonds is 0. The molecule has 0 aliphatic carbocycles. The molecule has 0 nitrogen and oxygen atoms in total. The molecule has 0 saturated heterocycles. The van der Waals surface area contributed by atoms with Crippen molar-refractivity contribution in [3.63, 3.8) is 0 Å². The fourth-order valence-electron chi connectivity index (χ4n) is 0. The van der Waals surface area contributed by atoms with Crippen molar-refractivity contribution in [2.24, 2.45) is 0 Å². The first-order chi connectivity index (χ1) is 1.41. The van der Waals surface area contributed by atoms with Crippen LogP contribution in [0.15, 0.2) is 0 Å². The molecule has 0 spiro atoms. The number of halogens is 2. The summed E-state index contributed by atoms with van der Waals surface area (Å²) in [5.41, 5.74) is 0. The fraction of sp³-hybridized carbons (Fsp3) is 1.00. The van der Waals surface area contributed by atoms with Crippen molar-refractivity contribution in [2.45, 2.75) is 9.88 Å². The molecule has 0 radical (unpaired) electrons. The van der Waals surface area contributed by atoms with Crippen LogP contribution in [0.4, 0.5) is 0 Å². The van der Waals surface area contributed by atoms with E-state index in [0.717, 1.165) is 0 Å². The summed E-state index contributed by atoms with van der Waals surface area (Å²) in [6, 6.07) is 0. The molecule has 0 aromatic heterocycles. The first-order valence-electron chi connectivity index (χ1n) is 1.41. The first kappa shape index (κ1) is 16.2. The number of hydrogen-bond acceptors (Lipinski definition) is 0. The van der Waals surface area contributed by atoms with Crippen LogP contribution in [-0.4, -0.2) is 21.1 Å². The molecule has 0 aliphatic rings. The van der Waals surface area contributed by atoms with Crippen LogP contribution in [0.25, 0.3) is 0 Å². The number of hydrogen-bond donors (Lipinski definition) is 0. The van der Waals surface area contributed by atoms with Crippen LogP contribution in [0.1, 0.15) is 0 Å². The van der Waals surface area contributed by atoms with Crippen LogP contribution in [0.5, 0.6) is 0 Å². The molecule has 0 rings (SSSR count). The molecule has 0 amide bonds. The molecular formula is C2H10Cl2Sn. The van der Waals surface area contributed by atoms with Gasteiger partial charge in [-0.2, -0.15) is 0 Å². The molecule has 0 aromatic rings. The summed E-state index contributed by atoms with van der Waals surface area (Å²) in [5.74, 6) is 0. The van der Waals surface area contributed by atoms with Gasteiger partial charge in [-0.3, -0.25) is 0 Å². The van der Waals surface area contributed by atoms with Gasteiger partial charge < -0.3 is 0 Å². The van der Waals surface area contributed by atoms with E-state index in [0.29, 0.717) is 0 Å². The van der Waals surface area contributed by atoms with E-state index in [1.807, 2.05) is 0 Å². The molecular weight excluding hydrogens is 214 g/mol. The van der Waals surface area contributed by atoms with Gasteiger partial charge in [-0.05, 0) is 0 Å². The molecule has 0 aromatic carbocycles. The predicted octanol–water partition coefficient (Wildman–Crippen LogP) is 1.09. The molecule has 0 unspecified atom stereocenters. The zero-order chi connectivity index (χ0) is 2.71. The Morgan fingerprint density at radius 1 is 1.00 bits per heavy atom. The molecule has 0 bridgehead atoms. The van der Waals surface area contributed by atoms with Crippen molar-refractivity contribution in [1.82, 2.24) is 0 Å². The average molecular weight is 224 g/mol. The van der Waals surface area contributed by atoms with Crippen molar-refractivity contribution in [2.75, 3.05) is 0 Å². The average Bonchev–Trinajstić information content (AvgIpc) is 0.918. The minimum atomic E-state index is -0.01000. The molecule has 0 N–H and O–H groups in total. The van der Waals surface area contributed by atoms with E-state index in [1.165, 1.54) is 0 Å². The van der Waals surface area contributed by atoms with Crippen molar-refractivity contribution in [3.8, 4) is 0 Å². The Hall–Kier alpha value is 1.38. The van der Waals surface area contributed by atoms with E-state index >= 15 is 0 Å². The monoisotopic (exact) mass is 224 g/mol. The van der Waals surface area contributed by atoms with Crippen molar-refractivity contribution in [3.05, 3.63) is 0 Å². The third kappa shape index (κ3) is 32.3. The maximum atomic E-state index is 2.34. The summed E-state index contributed by atoms with van der Waals surface area (Å²) in [6.07, 6.45) is 0. The second kappa shape index (κ2) is 18.2. The van der Waals surface area contributed by atoms with Gasteiger partial charge in [0, 0.05) is 0 Å². The normalized spacial score (nSPS) is 3.60. The van der Waals surface area contributed by atoms with E-state index in [4.69, 9.17) is 0 Å². The minimum absolute atomic E-state index is 0. The van der Waals surface area contributed by atoms with E-state index in [2.05, 4.69) is 9.88 Å². The molecule has 0 fully saturated rings. The fourth-order valence-corrected chi connectivity index (χ4v) is 0. The van der Waals surface area contributed by atoms with Crippen molar-refractivity contribution < 1.29 is 0 Å². The Kier molecular flexibility index (Phi) is 58.9. The van der Waals surface area contributed by atoms with Gasteiger partial charge in [-0.15, -0.1) is 24.8 Å². The summed E-state index contributed by atoms with van der Waals surface area (Å²) >= 11 is -0.01000. The Balaban J connectivity index is -0.0000000200. The first-order valence-corrected chi connectivity index (χ1v) is 9.49. The van der Waals surface area contributed by atoms with Gasteiger partial charge in [0.1, 0.15) is 0 Å². The Morgan fingerprint density at radius 3 is 1.00 bits per heavy atom. The van der Waals surface area contributed by atoms with Crippen LogP contribution >= 0.6 is 24.8 Å². The van der Waals surface area contributed by atoms with Crippen LogP contribution in [-0.2, 0) is 0 Å². The Labute approximate surface area is 55.8 Å². The summed E-state index contributed by atoms with van der Waals surface area (Å²) in [4.78, 5) is 4.67. The topological polar surface area (TPSA) is 0 Å². The summed E-state index contributed by atoms with van der Waals surface area (Å²) in [7, 11) is 0. The predicted molar refractivity (Wildman–Crippen MR) is 34.8 cm³/mol. The van der Waals surface area contributed by atoms with Crippen LogP contribution in [0.2, 0.25) is 9.88 Å². The van der Waals surface area contributed by atoms with Gasteiger partial charge in [0.05, 0.1) is 0 Å². The second-order valence-electron chi connectivity index (χ2n) is 0.707. The molecule has 0 atom stereocenters. The van der Waals surface area contributed by atoms with Crippen molar-refractivity contribution in [1.29, 1.82) is 0 Å². The van der Waals surface area contributed by atoms with Gasteiger partial charge in [0.25, 0.3) is 0 Å². The SMILES string of the molecule is Cl.Cl.[CH3][SnH2][CH3]. The van der Waals surface area contributed by atoms with Crippen LogP contribution in [0.3, 0.4) is 0 Å². The van der Waals surface area contributed by atoms with Gasteiger partial charge in [-0.25, -0.2) is 0 Å². The molecule has 0 heterocycles. The molecule has 0 aliphatic heterocycles. The maximum absolute atomic E-state index is 2.34.